The summed E-state index contributed by atoms with van der Waals surface area (Å²) in [5.74, 6) is 0. The van der Waals surface area contributed by atoms with Gasteiger partial charge < -0.3 is 0 Å². The van der Waals surface area contributed by atoms with Crippen molar-refractivity contribution in [2.45, 2.75) is 40.5 Å². The first-order valence-electron chi connectivity index (χ1n) is 5.85. The highest BCUT2D eigenvalue weighted by molar-refractivity contribution is 5.19. The Morgan fingerprint density at radius 3 is 2.12 bits per heavy atom. The largest absolute Gasteiger partial charge is 0.151 e. The lowest BCUT2D eigenvalue weighted by molar-refractivity contribution is 1.08. The zero-order chi connectivity index (χ0) is 12.2. The first-order valence-corrected chi connectivity index (χ1v) is 5.85. The number of rotatable bonds is 6. The van der Waals surface area contributed by atoms with Crippen molar-refractivity contribution in [3.05, 3.63) is 47.9 Å². The van der Waals surface area contributed by atoms with Gasteiger partial charge in [0.05, 0.1) is 11.4 Å². The van der Waals surface area contributed by atoms with Gasteiger partial charge in [-0.1, -0.05) is 38.2 Å². The van der Waals surface area contributed by atoms with Crippen molar-refractivity contribution >= 4 is 0 Å². The molecule has 0 N–H and O–H groups in total. The van der Waals surface area contributed by atoms with Gasteiger partial charge in [-0.25, -0.2) is 0 Å². The van der Waals surface area contributed by atoms with Crippen LogP contribution in [0.15, 0.2) is 58.1 Å². The van der Waals surface area contributed by atoms with Crippen molar-refractivity contribution in [2.24, 2.45) is 10.2 Å². The zero-order valence-corrected chi connectivity index (χ0v) is 10.8. The summed E-state index contributed by atoms with van der Waals surface area (Å²) in [7, 11) is 0. The summed E-state index contributed by atoms with van der Waals surface area (Å²) in [6.07, 6.45) is 14.0. The standard InChI is InChI=1S/C14H22N2/c1-5-9-12-13(8-4)15-16-14(10-6-2)11-7-3/h6,8-12H,5,7H2,1-4H3/b10-6-,12-9-,13-8+,14-11+,16-15-. The summed E-state index contributed by atoms with van der Waals surface area (Å²) in [5, 5.41) is 8.40. The Morgan fingerprint density at radius 1 is 0.938 bits per heavy atom. The molecule has 2 nitrogen and oxygen atoms in total. The minimum absolute atomic E-state index is 0.897. The number of hydrogen-bond acceptors (Lipinski definition) is 2. The van der Waals surface area contributed by atoms with E-state index in [-0.39, 0.29) is 0 Å². The fourth-order valence-corrected chi connectivity index (χ4v) is 1.06. The topological polar surface area (TPSA) is 24.7 Å². The van der Waals surface area contributed by atoms with E-state index in [9.17, 15) is 0 Å². The van der Waals surface area contributed by atoms with Gasteiger partial charge in [0.15, 0.2) is 0 Å². The quantitative estimate of drug-likeness (QED) is 0.433. The molecular formula is C14H22N2. The van der Waals surface area contributed by atoms with Crippen LogP contribution in [0.1, 0.15) is 40.5 Å². The minimum Gasteiger partial charge on any atom is -0.151 e. The van der Waals surface area contributed by atoms with Crippen molar-refractivity contribution < 1.29 is 0 Å². The Labute approximate surface area is 99.2 Å². The summed E-state index contributed by atoms with van der Waals surface area (Å²) in [6.45, 7) is 8.13. The van der Waals surface area contributed by atoms with Gasteiger partial charge in [0.25, 0.3) is 0 Å². The molecule has 0 aliphatic rings. The van der Waals surface area contributed by atoms with E-state index in [1.165, 1.54) is 0 Å². The molecule has 0 fully saturated rings. The lowest BCUT2D eigenvalue weighted by Crippen LogP contribution is -1.74. The van der Waals surface area contributed by atoms with Crippen LogP contribution in [-0.4, -0.2) is 0 Å². The molecule has 0 aliphatic carbocycles. The molecule has 16 heavy (non-hydrogen) atoms. The number of azo groups is 1. The maximum Gasteiger partial charge on any atom is 0.0813 e. The predicted molar refractivity (Wildman–Crippen MR) is 71.2 cm³/mol. The Hall–Kier alpha value is -1.44. The van der Waals surface area contributed by atoms with Gasteiger partial charge in [0.1, 0.15) is 0 Å². The van der Waals surface area contributed by atoms with Gasteiger partial charge in [-0.3, -0.25) is 0 Å². The van der Waals surface area contributed by atoms with Gasteiger partial charge in [-0.15, -0.1) is 0 Å². The molecule has 0 atom stereocenters. The first-order chi connectivity index (χ1) is 7.78. The van der Waals surface area contributed by atoms with Gasteiger partial charge in [-0.05, 0) is 38.8 Å². The van der Waals surface area contributed by atoms with Crippen LogP contribution >= 0.6 is 0 Å². The highest BCUT2D eigenvalue weighted by atomic mass is 15.1. The highest BCUT2D eigenvalue weighted by Gasteiger charge is 1.88. The van der Waals surface area contributed by atoms with E-state index < -0.39 is 0 Å². The molecule has 0 aromatic rings. The van der Waals surface area contributed by atoms with Crippen molar-refractivity contribution in [2.75, 3.05) is 0 Å². The lowest BCUT2D eigenvalue weighted by Gasteiger charge is -1.93. The van der Waals surface area contributed by atoms with Crippen molar-refractivity contribution in [1.82, 2.24) is 0 Å². The van der Waals surface area contributed by atoms with Crippen molar-refractivity contribution in [3.8, 4) is 0 Å². The molecule has 0 spiro atoms. The molecule has 0 amide bonds. The molecule has 0 saturated carbocycles. The molecular weight excluding hydrogens is 196 g/mol. The molecule has 0 radical (unpaired) electrons. The predicted octanol–water partition coefficient (Wildman–Crippen LogP) is 5.18. The van der Waals surface area contributed by atoms with E-state index in [0.29, 0.717) is 0 Å². The Bertz CT molecular complexity index is 318. The summed E-state index contributed by atoms with van der Waals surface area (Å²) in [4.78, 5) is 0. The lowest BCUT2D eigenvalue weighted by atomic mass is 10.3. The summed E-state index contributed by atoms with van der Waals surface area (Å²) in [6, 6.07) is 0. The third-order valence-electron chi connectivity index (χ3n) is 1.85. The fraction of sp³-hybridized carbons (Fsp3) is 0.429. The maximum absolute atomic E-state index is 4.21. The van der Waals surface area contributed by atoms with Crippen LogP contribution in [0.5, 0.6) is 0 Å². The molecule has 0 aliphatic heterocycles. The van der Waals surface area contributed by atoms with Crippen LogP contribution in [0.4, 0.5) is 0 Å². The molecule has 0 rings (SSSR count). The second-order valence-electron chi connectivity index (χ2n) is 3.26. The average molecular weight is 218 g/mol. The van der Waals surface area contributed by atoms with E-state index in [0.717, 1.165) is 24.2 Å². The summed E-state index contributed by atoms with van der Waals surface area (Å²) in [5.41, 5.74) is 1.81. The average Bonchev–Trinajstić information content (AvgIpc) is 2.30. The number of allylic oxidation sites excluding steroid dienone is 6. The molecule has 0 aromatic carbocycles. The van der Waals surface area contributed by atoms with Crippen LogP contribution < -0.4 is 0 Å². The SMILES string of the molecule is C\C=C/C(=C\CC)/N=N\C(\C=C/CC)=C\C. The summed E-state index contributed by atoms with van der Waals surface area (Å²) >= 11 is 0. The molecule has 0 heterocycles. The molecule has 2 heteroatoms. The third kappa shape index (κ3) is 6.93. The van der Waals surface area contributed by atoms with Crippen molar-refractivity contribution in [1.29, 1.82) is 0 Å². The van der Waals surface area contributed by atoms with Crippen LogP contribution in [0.25, 0.3) is 0 Å². The number of hydrogen-bond donors (Lipinski definition) is 0. The van der Waals surface area contributed by atoms with E-state index >= 15 is 0 Å². The van der Waals surface area contributed by atoms with Gasteiger partial charge >= 0.3 is 0 Å². The Balaban J connectivity index is 4.65. The number of nitrogens with zero attached hydrogens (tertiary/aromatic N) is 2. The van der Waals surface area contributed by atoms with E-state index in [4.69, 9.17) is 0 Å². The minimum atomic E-state index is 0.897. The molecule has 0 unspecified atom stereocenters. The molecule has 0 saturated heterocycles. The molecule has 88 valence electrons. The van der Waals surface area contributed by atoms with Crippen LogP contribution in [0.3, 0.4) is 0 Å². The van der Waals surface area contributed by atoms with Gasteiger partial charge in [0, 0.05) is 0 Å². The van der Waals surface area contributed by atoms with Crippen LogP contribution in [-0.2, 0) is 0 Å². The van der Waals surface area contributed by atoms with Gasteiger partial charge in [0.2, 0.25) is 0 Å². The van der Waals surface area contributed by atoms with E-state index in [1.54, 1.807) is 0 Å². The Kier molecular flexibility index (Phi) is 9.18. The van der Waals surface area contributed by atoms with Gasteiger partial charge in [-0.2, -0.15) is 10.2 Å². The molecule has 0 bridgehead atoms. The van der Waals surface area contributed by atoms with E-state index in [1.807, 2.05) is 38.2 Å². The second-order valence-corrected chi connectivity index (χ2v) is 3.26. The maximum atomic E-state index is 4.21. The smallest absolute Gasteiger partial charge is 0.0813 e. The second kappa shape index (κ2) is 10.1. The van der Waals surface area contributed by atoms with Crippen LogP contribution in [0.2, 0.25) is 0 Å². The monoisotopic (exact) mass is 218 g/mol. The zero-order valence-electron chi connectivity index (χ0n) is 10.8. The molecule has 0 aromatic heterocycles. The normalized spacial score (nSPS) is 14.8. The van der Waals surface area contributed by atoms with Crippen LogP contribution in [0, 0.1) is 0 Å². The third-order valence-corrected chi connectivity index (χ3v) is 1.85. The van der Waals surface area contributed by atoms with Crippen molar-refractivity contribution in [3.63, 3.8) is 0 Å². The highest BCUT2D eigenvalue weighted by Crippen LogP contribution is 2.07. The first kappa shape index (κ1) is 14.6. The summed E-state index contributed by atoms with van der Waals surface area (Å²) < 4.78 is 0. The fourth-order valence-electron chi connectivity index (χ4n) is 1.06. The Morgan fingerprint density at radius 2 is 1.62 bits per heavy atom. The van der Waals surface area contributed by atoms with E-state index in [2.05, 4.69) is 36.2 Å².